The second kappa shape index (κ2) is 4.05. The zero-order chi connectivity index (χ0) is 11.9. The average Bonchev–Trinajstić information content (AvgIpc) is 2.78. The Bertz CT molecular complexity index is 284. The zero-order valence-electron chi connectivity index (χ0n) is 11.0. The first kappa shape index (κ1) is 11.9. The lowest BCUT2D eigenvalue weighted by Gasteiger charge is -2.39. The normalized spacial score (nSPS) is 41.5. The van der Waals surface area contributed by atoms with Gasteiger partial charge in [-0.05, 0) is 42.9 Å². The smallest absolute Gasteiger partial charge is 0.223 e. The minimum atomic E-state index is 0.308. The van der Waals surface area contributed by atoms with E-state index in [0.717, 1.165) is 25.2 Å². The van der Waals surface area contributed by atoms with Crippen LogP contribution in [0.4, 0.5) is 0 Å². The first-order valence-corrected chi connectivity index (χ1v) is 6.68. The molecule has 2 aliphatic rings. The fraction of sp³-hybridized carbons (Fsp3) is 0.929. The van der Waals surface area contributed by atoms with Crippen LogP contribution in [0.5, 0.6) is 0 Å². The Morgan fingerprint density at radius 2 is 1.81 bits per heavy atom. The molecule has 0 unspecified atom stereocenters. The van der Waals surface area contributed by atoms with Crippen molar-refractivity contribution < 1.29 is 4.79 Å². The van der Waals surface area contributed by atoms with Crippen LogP contribution in [-0.4, -0.2) is 11.9 Å². The van der Waals surface area contributed by atoms with Gasteiger partial charge in [-0.1, -0.05) is 27.7 Å². The Balaban J connectivity index is 1.87. The minimum Gasteiger partial charge on any atom is -0.353 e. The van der Waals surface area contributed by atoms with Gasteiger partial charge in [-0.2, -0.15) is 0 Å². The van der Waals surface area contributed by atoms with Crippen LogP contribution < -0.4 is 5.32 Å². The molecule has 2 nitrogen and oxygen atoms in total. The standard InChI is InChI=1S/C14H25NO/c1-9-5-11(8-14(3,4)7-9)15-13(16)12-6-10(12)2/h9-12H,5-8H2,1-4H3,(H,15,16)/t9-,10+,11-,12-/m1/s1. The number of hydrogen-bond acceptors (Lipinski definition) is 1. The van der Waals surface area contributed by atoms with Crippen molar-refractivity contribution >= 4 is 5.91 Å². The quantitative estimate of drug-likeness (QED) is 0.766. The summed E-state index contributed by atoms with van der Waals surface area (Å²) in [5.41, 5.74) is 0.394. The van der Waals surface area contributed by atoms with Crippen LogP contribution in [0, 0.1) is 23.2 Å². The van der Waals surface area contributed by atoms with E-state index in [1.165, 1.54) is 6.42 Å². The minimum absolute atomic E-state index is 0.308. The molecule has 0 heterocycles. The third kappa shape index (κ3) is 2.78. The van der Waals surface area contributed by atoms with Gasteiger partial charge in [-0.3, -0.25) is 4.79 Å². The van der Waals surface area contributed by atoms with E-state index in [1.807, 2.05) is 0 Å². The third-order valence-electron chi connectivity index (χ3n) is 4.18. The summed E-state index contributed by atoms with van der Waals surface area (Å²) < 4.78 is 0. The molecule has 92 valence electrons. The molecular formula is C14H25NO. The molecule has 2 fully saturated rings. The summed E-state index contributed by atoms with van der Waals surface area (Å²) in [6, 6.07) is 0.416. The molecule has 2 heteroatoms. The highest BCUT2D eigenvalue weighted by Crippen LogP contribution is 2.40. The molecule has 2 saturated carbocycles. The van der Waals surface area contributed by atoms with Crippen molar-refractivity contribution in [2.75, 3.05) is 0 Å². The van der Waals surface area contributed by atoms with Gasteiger partial charge in [0.05, 0.1) is 0 Å². The molecule has 1 amide bonds. The number of carbonyl (C=O) groups is 1. The van der Waals surface area contributed by atoms with E-state index >= 15 is 0 Å². The van der Waals surface area contributed by atoms with Crippen molar-refractivity contribution in [3.63, 3.8) is 0 Å². The van der Waals surface area contributed by atoms with Crippen molar-refractivity contribution in [1.82, 2.24) is 5.32 Å². The fourth-order valence-electron chi connectivity index (χ4n) is 3.45. The van der Waals surface area contributed by atoms with Crippen molar-refractivity contribution in [2.45, 2.75) is 59.4 Å². The Kier molecular flexibility index (Phi) is 3.02. The lowest BCUT2D eigenvalue weighted by Crippen LogP contribution is -2.43. The molecule has 0 bridgehead atoms. The van der Waals surface area contributed by atoms with E-state index in [9.17, 15) is 4.79 Å². The second-order valence-corrected chi connectivity index (χ2v) is 6.94. The fourth-order valence-corrected chi connectivity index (χ4v) is 3.45. The van der Waals surface area contributed by atoms with Gasteiger partial charge in [0.25, 0.3) is 0 Å². The molecule has 0 aromatic carbocycles. The molecule has 16 heavy (non-hydrogen) atoms. The molecule has 2 aliphatic carbocycles. The van der Waals surface area contributed by atoms with Crippen molar-refractivity contribution in [2.24, 2.45) is 23.2 Å². The van der Waals surface area contributed by atoms with Gasteiger partial charge in [0.15, 0.2) is 0 Å². The average molecular weight is 223 g/mol. The van der Waals surface area contributed by atoms with Crippen LogP contribution in [0.2, 0.25) is 0 Å². The number of amides is 1. The molecule has 0 spiro atoms. The van der Waals surface area contributed by atoms with E-state index in [4.69, 9.17) is 0 Å². The summed E-state index contributed by atoms with van der Waals surface area (Å²) >= 11 is 0. The molecule has 0 radical (unpaired) electrons. The van der Waals surface area contributed by atoms with Crippen LogP contribution in [0.25, 0.3) is 0 Å². The molecule has 0 saturated heterocycles. The predicted octanol–water partition coefficient (Wildman–Crippen LogP) is 2.97. The number of rotatable bonds is 2. The summed E-state index contributed by atoms with van der Waals surface area (Å²) in [4.78, 5) is 11.9. The van der Waals surface area contributed by atoms with E-state index < -0.39 is 0 Å². The molecule has 0 aliphatic heterocycles. The van der Waals surface area contributed by atoms with E-state index in [1.54, 1.807) is 0 Å². The molecule has 0 aromatic heterocycles. The lowest BCUT2D eigenvalue weighted by molar-refractivity contribution is -0.123. The van der Waals surface area contributed by atoms with Crippen LogP contribution in [-0.2, 0) is 4.79 Å². The van der Waals surface area contributed by atoms with Gasteiger partial charge in [0.2, 0.25) is 5.91 Å². The van der Waals surface area contributed by atoms with Gasteiger partial charge >= 0.3 is 0 Å². The Labute approximate surface area is 99.2 Å². The van der Waals surface area contributed by atoms with E-state index in [0.29, 0.717) is 29.2 Å². The number of nitrogens with one attached hydrogen (secondary N) is 1. The van der Waals surface area contributed by atoms with Crippen LogP contribution in [0.1, 0.15) is 53.4 Å². The lowest BCUT2D eigenvalue weighted by atomic mass is 9.70. The summed E-state index contributed by atoms with van der Waals surface area (Å²) in [5.74, 6) is 1.99. The van der Waals surface area contributed by atoms with Crippen molar-refractivity contribution in [1.29, 1.82) is 0 Å². The first-order valence-electron chi connectivity index (χ1n) is 6.68. The van der Waals surface area contributed by atoms with E-state index in [-0.39, 0.29) is 0 Å². The van der Waals surface area contributed by atoms with Gasteiger partial charge in [0, 0.05) is 12.0 Å². The van der Waals surface area contributed by atoms with Crippen molar-refractivity contribution in [3.8, 4) is 0 Å². The Morgan fingerprint density at radius 3 is 2.31 bits per heavy atom. The second-order valence-electron chi connectivity index (χ2n) is 6.94. The number of hydrogen-bond donors (Lipinski definition) is 1. The SMILES string of the molecule is C[C@@H]1C[C@@H](NC(=O)[C@@H]2C[C@@H]2C)CC(C)(C)C1. The highest BCUT2D eigenvalue weighted by Gasteiger charge is 2.41. The van der Waals surface area contributed by atoms with E-state index in [2.05, 4.69) is 33.0 Å². The Morgan fingerprint density at radius 1 is 1.19 bits per heavy atom. The molecule has 2 rings (SSSR count). The largest absolute Gasteiger partial charge is 0.353 e. The maximum absolute atomic E-state index is 11.9. The van der Waals surface area contributed by atoms with Crippen LogP contribution in [0.3, 0.4) is 0 Å². The molecule has 1 N–H and O–H groups in total. The predicted molar refractivity (Wildman–Crippen MR) is 66.0 cm³/mol. The summed E-state index contributed by atoms with van der Waals surface area (Å²) in [6.45, 7) is 9.11. The topological polar surface area (TPSA) is 29.1 Å². The van der Waals surface area contributed by atoms with Gasteiger partial charge in [0.1, 0.15) is 0 Å². The van der Waals surface area contributed by atoms with Crippen molar-refractivity contribution in [3.05, 3.63) is 0 Å². The maximum atomic E-state index is 11.9. The molecule has 4 atom stereocenters. The Hall–Kier alpha value is -0.530. The monoisotopic (exact) mass is 223 g/mol. The maximum Gasteiger partial charge on any atom is 0.223 e. The van der Waals surface area contributed by atoms with Gasteiger partial charge < -0.3 is 5.32 Å². The highest BCUT2D eigenvalue weighted by molar-refractivity contribution is 5.81. The van der Waals surface area contributed by atoms with Crippen LogP contribution >= 0.6 is 0 Å². The van der Waals surface area contributed by atoms with Crippen LogP contribution in [0.15, 0.2) is 0 Å². The zero-order valence-corrected chi connectivity index (χ0v) is 11.0. The van der Waals surface area contributed by atoms with Gasteiger partial charge in [-0.15, -0.1) is 0 Å². The first-order chi connectivity index (χ1) is 7.37. The summed E-state index contributed by atoms with van der Waals surface area (Å²) in [5, 5.41) is 3.26. The molecular weight excluding hydrogens is 198 g/mol. The summed E-state index contributed by atoms with van der Waals surface area (Å²) in [6.07, 6.45) is 4.69. The third-order valence-corrected chi connectivity index (χ3v) is 4.18. The molecule has 0 aromatic rings. The van der Waals surface area contributed by atoms with Gasteiger partial charge in [-0.25, -0.2) is 0 Å². The summed E-state index contributed by atoms with van der Waals surface area (Å²) in [7, 11) is 0. The number of carbonyl (C=O) groups excluding carboxylic acids is 1. The highest BCUT2D eigenvalue weighted by atomic mass is 16.2.